The fraction of sp³-hybridized carbons (Fsp3) is 0.611. The zero-order valence-corrected chi connectivity index (χ0v) is 13.1. The second kappa shape index (κ2) is 7.75. The minimum Gasteiger partial charge on any atom is -0.461 e. The predicted octanol–water partition coefficient (Wildman–Crippen LogP) is 2.56. The van der Waals surface area contributed by atoms with Gasteiger partial charge in [0.25, 0.3) is 0 Å². The quantitative estimate of drug-likeness (QED) is 0.821. The number of rotatable bonds is 5. The van der Waals surface area contributed by atoms with Crippen molar-refractivity contribution < 1.29 is 9.53 Å². The molecule has 1 aromatic carbocycles. The van der Waals surface area contributed by atoms with Crippen molar-refractivity contribution in [1.82, 2.24) is 10.6 Å². The van der Waals surface area contributed by atoms with Crippen LogP contribution in [0.4, 0.5) is 0 Å². The number of esters is 1. The molecular formula is C18H26N2O2. The van der Waals surface area contributed by atoms with Crippen molar-refractivity contribution in [2.45, 2.75) is 56.7 Å². The van der Waals surface area contributed by atoms with Gasteiger partial charge in [-0.1, -0.05) is 30.3 Å². The summed E-state index contributed by atoms with van der Waals surface area (Å²) >= 11 is 0. The number of ether oxygens (including phenoxy) is 1. The SMILES string of the molecule is O=C(OC1CCCC1)[C@@H](NC1CCNCC1)c1ccccc1. The topological polar surface area (TPSA) is 50.4 Å². The van der Waals surface area contributed by atoms with Crippen molar-refractivity contribution in [1.29, 1.82) is 0 Å². The van der Waals surface area contributed by atoms with Gasteiger partial charge in [-0.3, -0.25) is 5.32 Å². The molecule has 4 nitrogen and oxygen atoms in total. The van der Waals surface area contributed by atoms with Gasteiger partial charge in [0.1, 0.15) is 12.1 Å². The van der Waals surface area contributed by atoms with Crippen LogP contribution in [0.5, 0.6) is 0 Å². The Morgan fingerprint density at radius 1 is 1.09 bits per heavy atom. The normalized spacial score (nSPS) is 21.6. The summed E-state index contributed by atoms with van der Waals surface area (Å²) in [7, 11) is 0. The highest BCUT2D eigenvalue weighted by atomic mass is 16.5. The molecule has 2 fully saturated rings. The van der Waals surface area contributed by atoms with Crippen molar-refractivity contribution in [2.75, 3.05) is 13.1 Å². The van der Waals surface area contributed by atoms with Crippen LogP contribution >= 0.6 is 0 Å². The maximum absolute atomic E-state index is 12.7. The van der Waals surface area contributed by atoms with E-state index < -0.39 is 0 Å². The molecule has 22 heavy (non-hydrogen) atoms. The van der Waals surface area contributed by atoms with Crippen molar-refractivity contribution in [3.05, 3.63) is 35.9 Å². The Hall–Kier alpha value is -1.39. The van der Waals surface area contributed by atoms with Gasteiger partial charge >= 0.3 is 5.97 Å². The molecule has 1 aliphatic carbocycles. The van der Waals surface area contributed by atoms with E-state index in [-0.39, 0.29) is 18.1 Å². The molecule has 1 atom stereocenters. The maximum atomic E-state index is 12.7. The monoisotopic (exact) mass is 302 g/mol. The van der Waals surface area contributed by atoms with E-state index in [0.717, 1.165) is 44.3 Å². The van der Waals surface area contributed by atoms with Gasteiger partial charge in [-0.15, -0.1) is 0 Å². The fourth-order valence-corrected chi connectivity index (χ4v) is 3.41. The standard InChI is InChI=1S/C18H26N2O2/c21-18(22-16-8-4-5-9-16)17(14-6-2-1-3-7-14)20-15-10-12-19-13-11-15/h1-3,6-7,15-17,19-20H,4-5,8-13H2/t17-/m0/s1. The molecule has 0 amide bonds. The van der Waals surface area contributed by atoms with Gasteiger partial charge in [0.05, 0.1) is 0 Å². The van der Waals surface area contributed by atoms with E-state index >= 15 is 0 Å². The second-order valence-corrected chi connectivity index (χ2v) is 6.38. The maximum Gasteiger partial charge on any atom is 0.328 e. The van der Waals surface area contributed by atoms with Gasteiger partial charge in [0.2, 0.25) is 0 Å². The summed E-state index contributed by atoms with van der Waals surface area (Å²) in [4.78, 5) is 12.7. The summed E-state index contributed by atoms with van der Waals surface area (Å²) in [6, 6.07) is 9.99. The van der Waals surface area contributed by atoms with Crippen molar-refractivity contribution in [2.24, 2.45) is 0 Å². The van der Waals surface area contributed by atoms with Crippen LogP contribution in [0.15, 0.2) is 30.3 Å². The number of hydrogen-bond donors (Lipinski definition) is 2. The first-order chi connectivity index (χ1) is 10.8. The lowest BCUT2D eigenvalue weighted by Crippen LogP contribution is -2.44. The Kier molecular flexibility index (Phi) is 5.46. The summed E-state index contributed by atoms with van der Waals surface area (Å²) in [6.07, 6.45) is 6.61. The minimum atomic E-state index is -0.343. The van der Waals surface area contributed by atoms with Crippen molar-refractivity contribution in [3.63, 3.8) is 0 Å². The molecule has 2 aliphatic rings. The molecule has 1 saturated heterocycles. The van der Waals surface area contributed by atoms with Gasteiger partial charge in [0.15, 0.2) is 0 Å². The van der Waals surface area contributed by atoms with E-state index in [9.17, 15) is 4.79 Å². The average Bonchev–Trinajstić information content (AvgIpc) is 3.07. The highest BCUT2D eigenvalue weighted by Gasteiger charge is 2.29. The van der Waals surface area contributed by atoms with Crippen LogP contribution < -0.4 is 10.6 Å². The first-order valence-electron chi connectivity index (χ1n) is 8.55. The predicted molar refractivity (Wildman–Crippen MR) is 86.6 cm³/mol. The number of piperidine rings is 1. The molecule has 0 spiro atoms. The highest BCUT2D eigenvalue weighted by Crippen LogP contribution is 2.24. The van der Waals surface area contributed by atoms with Crippen LogP contribution in [0.25, 0.3) is 0 Å². The third-order valence-electron chi connectivity index (χ3n) is 4.70. The van der Waals surface area contributed by atoms with E-state index in [1.165, 1.54) is 12.8 Å². The molecule has 3 rings (SSSR count). The number of hydrogen-bond acceptors (Lipinski definition) is 4. The zero-order valence-electron chi connectivity index (χ0n) is 13.1. The Bertz CT molecular complexity index is 465. The number of benzene rings is 1. The number of nitrogens with one attached hydrogen (secondary N) is 2. The van der Waals surface area contributed by atoms with Crippen LogP contribution in [0.1, 0.15) is 50.1 Å². The number of carbonyl (C=O) groups is 1. The number of carbonyl (C=O) groups excluding carboxylic acids is 1. The van der Waals surface area contributed by atoms with Gasteiger partial charge in [0, 0.05) is 6.04 Å². The van der Waals surface area contributed by atoms with Crippen molar-refractivity contribution >= 4 is 5.97 Å². The summed E-state index contributed by atoms with van der Waals surface area (Å²) < 4.78 is 5.75. The lowest BCUT2D eigenvalue weighted by molar-refractivity contribution is -0.151. The summed E-state index contributed by atoms with van der Waals surface area (Å²) in [6.45, 7) is 2.02. The third kappa shape index (κ3) is 4.08. The molecule has 120 valence electrons. The largest absolute Gasteiger partial charge is 0.461 e. The van der Waals surface area contributed by atoms with Gasteiger partial charge in [-0.05, 0) is 57.2 Å². The van der Waals surface area contributed by atoms with Crippen LogP contribution in [0.2, 0.25) is 0 Å². The minimum absolute atomic E-state index is 0.114. The fourth-order valence-electron chi connectivity index (χ4n) is 3.41. The van der Waals surface area contributed by atoms with Crippen LogP contribution in [0, 0.1) is 0 Å². The molecule has 1 aliphatic heterocycles. The van der Waals surface area contributed by atoms with Crippen LogP contribution in [-0.4, -0.2) is 31.2 Å². The van der Waals surface area contributed by atoms with E-state index in [1.807, 2.05) is 30.3 Å². The Labute approximate surface area is 132 Å². The molecule has 0 bridgehead atoms. The smallest absolute Gasteiger partial charge is 0.328 e. The molecule has 2 N–H and O–H groups in total. The summed E-state index contributed by atoms with van der Waals surface area (Å²) in [5.74, 6) is -0.114. The van der Waals surface area contributed by atoms with Crippen molar-refractivity contribution in [3.8, 4) is 0 Å². The molecule has 1 heterocycles. The van der Waals surface area contributed by atoms with Gasteiger partial charge in [-0.25, -0.2) is 4.79 Å². The first-order valence-corrected chi connectivity index (χ1v) is 8.55. The summed E-state index contributed by atoms with van der Waals surface area (Å²) in [5, 5.41) is 6.89. The molecule has 4 heteroatoms. The van der Waals surface area contributed by atoms with E-state index in [2.05, 4.69) is 10.6 Å². The lowest BCUT2D eigenvalue weighted by Gasteiger charge is -2.29. The molecule has 0 aromatic heterocycles. The zero-order chi connectivity index (χ0) is 15.2. The molecule has 1 aromatic rings. The Balaban J connectivity index is 1.68. The Morgan fingerprint density at radius 2 is 1.77 bits per heavy atom. The first kappa shape index (κ1) is 15.5. The lowest BCUT2D eigenvalue weighted by atomic mass is 10.0. The van der Waals surface area contributed by atoms with Gasteiger partial charge < -0.3 is 10.1 Å². The average molecular weight is 302 g/mol. The molecule has 0 unspecified atom stereocenters. The highest BCUT2D eigenvalue weighted by molar-refractivity contribution is 5.78. The van der Waals surface area contributed by atoms with Crippen LogP contribution in [-0.2, 0) is 9.53 Å². The Morgan fingerprint density at radius 3 is 2.45 bits per heavy atom. The van der Waals surface area contributed by atoms with E-state index in [4.69, 9.17) is 4.74 Å². The second-order valence-electron chi connectivity index (χ2n) is 6.38. The molecular weight excluding hydrogens is 276 g/mol. The van der Waals surface area contributed by atoms with E-state index in [0.29, 0.717) is 6.04 Å². The summed E-state index contributed by atoms with van der Waals surface area (Å²) in [5.41, 5.74) is 1.00. The van der Waals surface area contributed by atoms with Crippen LogP contribution in [0.3, 0.4) is 0 Å². The molecule has 0 radical (unpaired) electrons. The third-order valence-corrected chi connectivity index (χ3v) is 4.70. The molecule has 1 saturated carbocycles. The van der Waals surface area contributed by atoms with Gasteiger partial charge in [-0.2, -0.15) is 0 Å². The van der Waals surface area contributed by atoms with E-state index in [1.54, 1.807) is 0 Å².